The number of carbonyl (C=O) groups excluding carboxylic acids is 1. The summed E-state index contributed by atoms with van der Waals surface area (Å²) in [4.78, 5) is 12.7. The van der Waals surface area contributed by atoms with Crippen molar-refractivity contribution in [2.75, 3.05) is 32.8 Å². The number of likely N-dealkylation sites (tertiary alicyclic amines) is 1. The lowest BCUT2D eigenvalue weighted by Crippen LogP contribution is -2.51. The molecule has 2 fully saturated rings. The van der Waals surface area contributed by atoms with Gasteiger partial charge in [0.25, 0.3) is 0 Å². The molecule has 0 atom stereocenters. The standard InChI is InChI=1S/C12H23N3O3/c13-11(16)15-5-1-10(2-6-15)14-9-12(17)3-7-18-8-4-12/h10,14,17H,1-9H2,(H2,13,16). The van der Waals surface area contributed by atoms with Crippen LogP contribution in [-0.4, -0.2) is 60.5 Å². The van der Waals surface area contributed by atoms with Crippen molar-refractivity contribution < 1.29 is 14.6 Å². The SMILES string of the molecule is NC(=O)N1CCC(NCC2(O)CCOCC2)CC1. The minimum absolute atomic E-state index is 0.337. The molecule has 104 valence electrons. The van der Waals surface area contributed by atoms with E-state index >= 15 is 0 Å². The molecule has 0 unspecified atom stereocenters. The van der Waals surface area contributed by atoms with E-state index in [1.165, 1.54) is 0 Å². The predicted octanol–water partition coefficient (Wildman–Crippen LogP) is -0.339. The second kappa shape index (κ2) is 5.86. The van der Waals surface area contributed by atoms with Gasteiger partial charge in [-0.05, 0) is 12.8 Å². The van der Waals surface area contributed by atoms with Crippen molar-refractivity contribution in [3.63, 3.8) is 0 Å². The molecule has 2 amide bonds. The van der Waals surface area contributed by atoms with Gasteiger partial charge in [-0.15, -0.1) is 0 Å². The van der Waals surface area contributed by atoms with E-state index in [2.05, 4.69) is 5.32 Å². The van der Waals surface area contributed by atoms with Crippen molar-refractivity contribution in [2.45, 2.75) is 37.3 Å². The van der Waals surface area contributed by atoms with Crippen molar-refractivity contribution in [3.05, 3.63) is 0 Å². The first-order valence-electron chi connectivity index (χ1n) is 6.67. The summed E-state index contributed by atoms with van der Waals surface area (Å²) in [6, 6.07) is 0.0315. The van der Waals surface area contributed by atoms with E-state index in [4.69, 9.17) is 10.5 Å². The number of piperidine rings is 1. The molecule has 2 aliphatic heterocycles. The molecule has 0 spiro atoms. The van der Waals surface area contributed by atoms with E-state index in [1.807, 2.05) is 0 Å². The molecule has 0 aliphatic carbocycles. The highest BCUT2D eigenvalue weighted by molar-refractivity contribution is 5.72. The van der Waals surface area contributed by atoms with Crippen LogP contribution in [0.3, 0.4) is 0 Å². The topological polar surface area (TPSA) is 87.8 Å². The number of hydrogen-bond donors (Lipinski definition) is 3. The number of carbonyl (C=O) groups is 1. The van der Waals surface area contributed by atoms with Crippen LogP contribution in [0.5, 0.6) is 0 Å². The van der Waals surface area contributed by atoms with Crippen molar-refractivity contribution in [3.8, 4) is 0 Å². The van der Waals surface area contributed by atoms with Gasteiger partial charge in [-0.2, -0.15) is 0 Å². The highest BCUT2D eigenvalue weighted by Crippen LogP contribution is 2.20. The van der Waals surface area contributed by atoms with Crippen LogP contribution in [0, 0.1) is 0 Å². The molecule has 0 radical (unpaired) electrons. The number of nitrogens with one attached hydrogen (secondary N) is 1. The first kappa shape index (κ1) is 13.6. The number of nitrogens with two attached hydrogens (primary N) is 1. The normalized spacial score (nSPS) is 25.1. The molecule has 4 N–H and O–H groups in total. The fourth-order valence-corrected chi connectivity index (χ4v) is 2.57. The Bertz CT molecular complexity index is 284. The van der Waals surface area contributed by atoms with Gasteiger partial charge in [0.2, 0.25) is 0 Å². The molecule has 0 aromatic carbocycles. The molecule has 2 rings (SSSR count). The molecule has 0 saturated carbocycles. The maximum atomic E-state index is 11.0. The Balaban J connectivity index is 1.70. The van der Waals surface area contributed by atoms with Crippen LogP contribution < -0.4 is 11.1 Å². The van der Waals surface area contributed by atoms with Gasteiger partial charge in [-0.3, -0.25) is 0 Å². The van der Waals surface area contributed by atoms with E-state index in [9.17, 15) is 9.90 Å². The zero-order valence-electron chi connectivity index (χ0n) is 10.7. The molecule has 2 saturated heterocycles. The first-order valence-corrected chi connectivity index (χ1v) is 6.67. The van der Waals surface area contributed by atoms with Crippen LogP contribution in [0.15, 0.2) is 0 Å². The molecule has 0 aromatic heterocycles. The highest BCUT2D eigenvalue weighted by Gasteiger charge is 2.31. The van der Waals surface area contributed by atoms with Gasteiger partial charge in [0, 0.05) is 51.7 Å². The van der Waals surface area contributed by atoms with Crippen LogP contribution in [-0.2, 0) is 4.74 Å². The molecule has 6 heteroatoms. The Morgan fingerprint density at radius 1 is 1.39 bits per heavy atom. The summed E-state index contributed by atoms with van der Waals surface area (Å²) >= 11 is 0. The minimum atomic E-state index is -0.626. The van der Waals surface area contributed by atoms with Crippen molar-refractivity contribution in [1.82, 2.24) is 10.2 Å². The smallest absolute Gasteiger partial charge is 0.314 e. The van der Waals surface area contributed by atoms with E-state index in [0.717, 1.165) is 12.8 Å². The average Bonchev–Trinajstić information content (AvgIpc) is 2.38. The molecule has 0 aromatic rings. The van der Waals surface area contributed by atoms with Crippen LogP contribution in [0.4, 0.5) is 4.79 Å². The fourth-order valence-electron chi connectivity index (χ4n) is 2.57. The number of amides is 2. The van der Waals surface area contributed by atoms with Crippen LogP contribution >= 0.6 is 0 Å². The monoisotopic (exact) mass is 257 g/mol. The second-order valence-electron chi connectivity index (χ2n) is 5.32. The molecule has 2 heterocycles. The maximum absolute atomic E-state index is 11.0. The number of hydrogen-bond acceptors (Lipinski definition) is 4. The number of urea groups is 1. The Hall–Kier alpha value is -0.850. The zero-order chi connectivity index (χ0) is 13.0. The van der Waals surface area contributed by atoms with Crippen LogP contribution in [0.2, 0.25) is 0 Å². The predicted molar refractivity (Wildman–Crippen MR) is 67.2 cm³/mol. The number of primary amides is 1. The summed E-state index contributed by atoms with van der Waals surface area (Å²) in [6.07, 6.45) is 3.19. The second-order valence-corrected chi connectivity index (χ2v) is 5.32. The van der Waals surface area contributed by atoms with Gasteiger partial charge in [0.15, 0.2) is 0 Å². The number of aliphatic hydroxyl groups is 1. The quantitative estimate of drug-likeness (QED) is 0.645. The van der Waals surface area contributed by atoms with Gasteiger partial charge in [0.05, 0.1) is 5.60 Å². The molecular weight excluding hydrogens is 234 g/mol. The third kappa shape index (κ3) is 3.57. The third-order valence-corrected chi connectivity index (χ3v) is 3.95. The fraction of sp³-hybridized carbons (Fsp3) is 0.917. The highest BCUT2D eigenvalue weighted by atomic mass is 16.5. The van der Waals surface area contributed by atoms with Crippen molar-refractivity contribution >= 4 is 6.03 Å². The Kier molecular flexibility index (Phi) is 4.42. The van der Waals surface area contributed by atoms with Crippen LogP contribution in [0.25, 0.3) is 0 Å². The Morgan fingerprint density at radius 2 is 2.00 bits per heavy atom. The summed E-state index contributed by atoms with van der Waals surface area (Å²) in [5.41, 5.74) is 4.61. The van der Waals surface area contributed by atoms with Gasteiger partial charge in [0.1, 0.15) is 0 Å². The Labute approximate surface area is 107 Å². The average molecular weight is 257 g/mol. The van der Waals surface area contributed by atoms with Crippen LogP contribution in [0.1, 0.15) is 25.7 Å². The lowest BCUT2D eigenvalue weighted by molar-refractivity contribution is -0.0633. The summed E-state index contributed by atoms with van der Waals surface area (Å²) < 4.78 is 5.25. The van der Waals surface area contributed by atoms with E-state index < -0.39 is 5.60 Å². The zero-order valence-corrected chi connectivity index (χ0v) is 10.7. The first-order chi connectivity index (χ1) is 8.59. The Morgan fingerprint density at radius 3 is 2.56 bits per heavy atom. The summed E-state index contributed by atoms with van der Waals surface area (Å²) in [5, 5.41) is 13.7. The van der Waals surface area contributed by atoms with E-state index in [0.29, 0.717) is 51.7 Å². The summed E-state index contributed by atoms with van der Waals surface area (Å²) in [6.45, 7) is 3.29. The van der Waals surface area contributed by atoms with E-state index in [1.54, 1.807) is 4.90 Å². The largest absolute Gasteiger partial charge is 0.388 e. The number of nitrogens with zero attached hydrogens (tertiary/aromatic N) is 1. The molecule has 6 nitrogen and oxygen atoms in total. The number of rotatable bonds is 3. The van der Waals surface area contributed by atoms with Gasteiger partial charge >= 0.3 is 6.03 Å². The van der Waals surface area contributed by atoms with Crippen molar-refractivity contribution in [1.29, 1.82) is 0 Å². The maximum Gasteiger partial charge on any atom is 0.314 e. The number of ether oxygens (including phenoxy) is 1. The minimum Gasteiger partial charge on any atom is -0.388 e. The van der Waals surface area contributed by atoms with Gasteiger partial charge < -0.3 is 25.8 Å². The van der Waals surface area contributed by atoms with E-state index in [-0.39, 0.29) is 6.03 Å². The van der Waals surface area contributed by atoms with Gasteiger partial charge in [-0.25, -0.2) is 4.79 Å². The molecular formula is C12H23N3O3. The molecule has 2 aliphatic rings. The summed E-state index contributed by atoms with van der Waals surface area (Å²) in [7, 11) is 0. The van der Waals surface area contributed by atoms with Gasteiger partial charge in [-0.1, -0.05) is 0 Å². The van der Waals surface area contributed by atoms with Crippen molar-refractivity contribution in [2.24, 2.45) is 5.73 Å². The lowest BCUT2D eigenvalue weighted by atomic mass is 9.93. The third-order valence-electron chi connectivity index (χ3n) is 3.95. The molecule has 0 bridgehead atoms. The lowest BCUT2D eigenvalue weighted by Gasteiger charge is -2.36. The molecule has 18 heavy (non-hydrogen) atoms. The summed E-state index contributed by atoms with van der Waals surface area (Å²) in [5.74, 6) is 0.